The van der Waals surface area contributed by atoms with Gasteiger partial charge in [0.25, 0.3) is 0 Å². The average Bonchev–Trinajstić information content (AvgIpc) is 3.16. The zero-order chi connectivity index (χ0) is 14.2. The van der Waals surface area contributed by atoms with Crippen LogP contribution in [0.3, 0.4) is 0 Å². The maximum absolute atomic E-state index is 13.4. The number of aromatic nitrogens is 1. The summed E-state index contributed by atoms with van der Waals surface area (Å²) in [6, 6.07) is 9.65. The van der Waals surface area contributed by atoms with E-state index >= 15 is 0 Å². The molecular weight excluding hydrogens is 283 g/mol. The van der Waals surface area contributed by atoms with Crippen LogP contribution in [0, 0.1) is 5.82 Å². The van der Waals surface area contributed by atoms with E-state index in [1.807, 2.05) is 5.38 Å². The Labute approximate surface area is 126 Å². The Balaban J connectivity index is 1.82. The largest absolute Gasteiger partial charge is 0.310 e. The van der Waals surface area contributed by atoms with Crippen molar-refractivity contribution in [3.8, 4) is 11.3 Å². The van der Waals surface area contributed by atoms with Gasteiger partial charge in [-0.25, -0.2) is 9.37 Å². The van der Waals surface area contributed by atoms with E-state index in [0.717, 1.165) is 23.2 Å². The number of hydrogen-bond acceptors (Lipinski definition) is 3. The molecule has 1 N–H and O–H groups in total. The second-order valence-corrected chi connectivity index (χ2v) is 6.28. The molecule has 0 spiro atoms. The third kappa shape index (κ3) is 2.69. The summed E-state index contributed by atoms with van der Waals surface area (Å²) in [5, 5.41) is 8.67. The van der Waals surface area contributed by atoms with Gasteiger partial charge in [-0.05, 0) is 48.1 Å². The molecule has 1 fully saturated rings. The van der Waals surface area contributed by atoms with Crippen molar-refractivity contribution in [3.63, 3.8) is 0 Å². The van der Waals surface area contributed by atoms with E-state index in [-0.39, 0.29) is 5.82 Å². The molecule has 0 atom stereocenters. The van der Waals surface area contributed by atoms with Crippen LogP contribution in [0.5, 0.6) is 0 Å². The van der Waals surface area contributed by atoms with E-state index in [0.29, 0.717) is 11.6 Å². The van der Waals surface area contributed by atoms with Gasteiger partial charge in [0.15, 0.2) is 0 Å². The van der Waals surface area contributed by atoms with Crippen molar-refractivity contribution in [3.05, 3.63) is 52.5 Å². The number of fused-ring (bicyclic) bond motifs is 1. The smallest absolute Gasteiger partial charge is 0.125 e. The number of nitrogens with zero attached hydrogens (tertiary/aromatic N) is 1. The summed E-state index contributed by atoms with van der Waals surface area (Å²) in [5.41, 5.74) is 3.96. The molecule has 106 valence electrons. The molecule has 0 radical (unpaired) electrons. The van der Waals surface area contributed by atoms with Gasteiger partial charge in [0.1, 0.15) is 5.82 Å². The first kappa shape index (κ1) is 12.9. The minimum atomic E-state index is -0.241. The third-order valence-corrected chi connectivity index (χ3v) is 4.50. The van der Waals surface area contributed by atoms with Crippen LogP contribution in [0.4, 0.5) is 4.39 Å². The molecule has 3 aromatic rings. The summed E-state index contributed by atoms with van der Waals surface area (Å²) in [5.74, 6) is -0.241. The van der Waals surface area contributed by atoms with Gasteiger partial charge in [0.2, 0.25) is 0 Å². The maximum Gasteiger partial charge on any atom is 0.125 e. The van der Waals surface area contributed by atoms with Crippen LogP contribution in [0.1, 0.15) is 18.4 Å². The van der Waals surface area contributed by atoms with E-state index in [2.05, 4.69) is 22.8 Å². The highest BCUT2D eigenvalue weighted by Gasteiger charge is 2.21. The lowest BCUT2D eigenvalue weighted by Gasteiger charge is -2.11. The van der Waals surface area contributed by atoms with E-state index in [9.17, 15) is 4.39 Å². The highest BCUT2D eigenvalue weighted by molar-refractivity contribution is 7.08. The molecule has 0 aliphatic heterocycles. The number of nitrogens with one attached hydrogen (secondary N) is 1. The van der Waals surface area contributed by atoms with Crippen LogP contribution in [0.2, 0.25) is 0 Å². The van der Waals surface area contributed by atoms with Gasteiger partial charge in [-0.15, -0.1) is 0 Å². The van der Waals surface area contributed by atoms with Crippen LogP contribution in [-0.2, 0) is 6.54 Å². The van der Waals surface area contributed by atoms with Crippen LogP contribution < -0.4 is 5.32 Å². The van der Waals surface area contributed by atoms with Crippen molar-refractivity contribution in [2.75, 3.05) is 0 Å². The molecule has 1 aliphatic rings. The highest BCUT2D eigenvalue weighted by atomic mass is 32.1. The van der Waals surface area contributed by atoms with E-state index in [1.54, 1.807) is 17.4 Å². The molecule has 0 bridgehead atoms. The fourth-order valence-corrected chi connectivity index (χ4v) is 3.15. The van der Waals surface area contributed by atoms with Crippen LogP contribution in [-0.4, -0.2) is 11.0 Å². The van der Waals surface area contributed by atoms with Crippen molar-refractivity contribution in [2.24, 2.45) is 0 Å². The second kappa shape index (κ2) is 5.20. The number of pyridine rings is 1. The molecule has 0 unspecified atom stereocenters. The van der Waals surface area contributed by atoms with Crippen molar-refractivity contribution in [2.45, 2.75) is 25.4 Å². The molecule has 0 saturated heterocycles. The first-order valence-corrected chi connectivity index (χ1v) is 8.09. The molecule has 0 amide bonds. The fraction of sp³-hybridized carbons (Fsp3) is 0.235. The summed E-state index contributed by atoms with van der Waals surface area (Å²) in [4.78, 5) is 4.70. The van der Waals surface area contributed by atoms with E-state index < -0.39 is 0 Å². The topological polar surface area (TPSA) is 24.9 Å². The summed E-state index contributed by atoms with van der Waals surface area (Å²) in [7, 11) is 0. The van der Waals surface area contributed by atoms with Crippen molar-refractivity contribution >= 4 is 22.2 Å². The van der Waals surface area contributed by atoms with Crippen LogP contribution >= 0.6 is 11.3 Å². The Hall–Kier alpha value is -1.78. The predicted octanol–water partition coefficient (Wildman–Crippen LogP) is 4.35. The monoisotopic (exact) mass is 298 g/mol. The average molecular weight is 298 g/mol. The number of thiophene rings is 1. The summed E-state index contributed by atoms with van der Waals surface area (Å²) >= 11 is 1.65. The predicted molar refractivity (Wildman–Crippen MR) is 84.9 cm³/mol. The molecule has 4 rings (SSSR count). The van der Waals surface area contributed by atoms with Crippen LogP contribution in [0.25, 0.3) is 22.2 Å². The van der Waals surface area contributed by atoms with Gasteiger partial charge in [-0.2, -0.15) is 11.3 Å². The molecular formula is C17H15FN2S. The van der Waals surface area contributed by atoms with Gasteiger partial charge >= 0.3 is 0 Å². The Bertz CT molecular complexity index is 779. The van der Waals surface area contributed by atoms with Crippen molar-refractivity contribution in [1.29, 1.82) is 0 Å². The zero-order valence-corrected chi connectivity index (χ0v) is 12.3. The number of hydrogen-bond donors (Lipinski definition) is 1. The number of halogens is 1. The highest BCUT2D eigenvalue weighted by Crippen LogP contribution is 2.28. The van der Waals surface area contributed by atoms with Crippen molar-refractivity contribution in [1.82, 2.24) is 10.3 Å². The number of rotatable bonds is 4. The Morgan fingerprint density at radius 1 is 1.24 bits per heavy atom. The molecule has 1 aliphatic carbocycles. The molecule has 1 saturated carbocycles. The SMILES string of the molecule is Fc1ccc2cc(CNC3CC3)c(-c3ccsc3)nc2c1. The standard InChI is InChI=1S/C17H15FN2S/c18-14-2-1-11-7-13(9-19-15-3-4-15)17(20-16(11)8-14)12-5-6-21-10-12/h1-2,5-8,10,15,19H,3-4,9H2. The van der Waals surface area contributed by atoms with E-state index in [1.165, 1.54) is 30.5 Å². The van der Waals surface area contributed by atoms with Crippen molar-refractivity contribution < 1.29 is 4.39 Å². The van der Waals surface area contributed by atoms with Gasteiger partial charge in [-0.1, -0.05) is 0 Å². The first-order valence-electron chi connectivity index (χ1n) is 7.15. The molecule has 21 heavy (non-hydrogen) atoms. The van der Waals surface area contributed by atoms with E-state index in [4.69, 9.17) is 4.98 Å². The summed E-state index contributed by atoms with van der Waals surface area (Å²) in [6.07, 6.45) is 2.53. The lowest BCUT2D eigenvalue weighted by Crippen LogP contribution is -2.16. The molecule has 1 aromatic carbocycles. The normalized spacial score (nSPS) is 14.7. The van der Waals surface area contributed by atoms with Crippen LogP contribution in [0.15, 0.2) is 41.1 Å². The minimum Gasteiger partial charge on any atom is -0.310 e. The van der Waals surface area contributed by atoms with Gasteiger partial charge in [0.05, 0.1) is 11.2 Å². The molecule has 2 aromatic heterocycles. The Kier molecular flexibility index (Phi) is 3.20. The fourth-order valence-electron chi connectivity index (χ4n) is 2.51. The van der Waals surface area contributed by atoms with Gasteiger partial charge < -0.3 is 5.32 Å². The maximum atomic E-state index is 13.4. The van der Waals surface area contributed by atoms with Gasteiger partial charge in [0, 0.05) is 35.0 Å². The molecule has 2 nitrogen and oxygen atoms in total. The summed E-state index contributed by atoms with van der Waals surface area (Å²) in [6.45, 7) is 0.816. The quantitative estimate of drug-likeness (QED) is 0.774. The summed E-state index contributed by atoms with van der Waals surface area (Å²) < 4.78 is 13.4. The molecule has 2 heterocycles. The van der Waals surface area contributed by atoms with Gasteiger partial charge in [-0.3, -0.25) is 0 Å². The zero-order valence-electron chi connectivity index (χ0n) is 11.5. The second-order valence-electron chi connectivity index (χ2n) is 5.50. The number of benzene rings is 1. The Morgan fingerprint density at radius 3 is 2.90 bits per heavy atom. The lowest BCUT2D eigenvalue weighted by atomic mass is 10.1. The molecule has 4 heteroatoms. The first-order chi connectivity index (χ1) is 10.3. The minimum absolute atomic E-state index is 0.241. The third-order valence-electron chi connectivity index (χ3n) is 3.81. The lowest BCUT2D eigenvalue weighted by molar-refractivity contribution is 0.629. The Morgan fingerprint density at radius 2 is 2.14 bits per heavy atom.